The molecule has 4 nitrogen and oxygen atoms in total. The lowest BCUT2D eigenvalue weighted by atomic mass is 9.89. The third kappa shape index (κ3) is 1.83. The molecule has 0 fully saturated rings. The van der Waals surface area contributed by atoms with Gasteiger partial charge in [-0.15, -0.1) is 0 Å². The Labute approximate surface area is 122 Å². The van der Waals surface area contributed by atoms with Crippen molar-refractivity contribution in [1.82, 2.24) is 0 Å². The Bertz CT molecular complexity index is 744. The number of hydrogen-bond acceptors (Lipinski definition) is 4. The van der Waals surface area contributed by atoms with Gasteiger partial charge in [-0.05, 0) is 6.08 Å². The first-order chi connectivity index (χ1) is 10.2. The van der Waals surface area contributed by atoms with Crippen molar-refractivity contribution < 1.29 is 14.3 Å². The number of ether oxygens (including phenoxy) is 2. The van der Waals surface area contributed by atoms with Gasteiger partial charge < -0.3 is 9.47 Å². The van der Waals surface area contributed by atoms with Crippen LogP contribution in [0.5, 0.6) is 0 Å². The van der Waals surface area contributed by atoms with E-state index in [-0.39, 0.29) is 18.0 Å². The Balaban J connectivity index is 1.88. The van der Waals surface area contributed by atoms with E-state index in [1.54, 1.807) is 0 Å². The molecule has 2 atom stereocenters. The monoisotopic (exact) mass is 279 g/mol. The van der Waals surface area contributed by atoms with Crippen LogP contribution in [0.2, 0.25) is 0 Å². The largest absolute Gasteiger partial charge is 0.479 e. The smallest absolute Gasteiger partial charge is 0.309 e. The van der Waals surface area contributed by atoms with E-state index in [2.05, 4.69) is 4.99 Å². The third-order valence-corrected chi connectivity index (χ3v) is 3.74. The van der Waals surface area contributed by atoms with Crippen molar-refractivity contribution in [3.63, 3.8) is 0 Å². The predicted octanol–water partition coefficient (Wildman–Crippen LogP) is 2.74. The van der Waals surface area contributed by atoms with Crippen LogP contribution in [0.1, 0.15) is 6.92 Å². The van der Waals surface area contributed by atoms with Crippen LogP contribution in [-0.4, -0.2) is 18.0 Å². The van der Waals surface area contributed by atoms with Gasteiger partial charge in [0.1, 0.15) is 11.8 Å². The molecule has 0 spiro atoms. The molecule has 2 unspecified atom stereocenters. The summed E-state index contributed by atoms with van der Waals surface area (Å²) in [6.45, 7) is 1.39. The average molecular weight is 279 g/mol. The first-order valence-electron chi connectivity index (χ1n) is 6.86. The number of allylic oxidation sites excluding steroid dienone is 5. The predicted molar refractivity (Wildman–Crippen MR) is 78.2 cm³/mol. The molecule has 21 heavy (non-hydrogen) atoms. The lowest BCUT2D eigenvalue weighted by molar-refractivity contribution is -0.133. The Hall–Kier alpha value is -2.62. The molecule has 0 saturated heterocycles. The van der Waals surface area contributed by atoms with Gasteiger partial charge in [0.2, 0.25) is 5.90 Å². The van der Waals surface area contributed by atoms with Crippen molar-refractivity contribution in [1.29, 1.82) is 0 Å². The first kappa shape index (κ1) is 12.1. The van der Waals surface area contributed by atoms with Crippen LogP contribution in [0, 0.1) is 5.92 Å². The van der Waals surface area contributed by atoms with E-state index in [1.807, 2.05) is 48.6 Å². The van der Waals surface area contributed by atoms with Gasteiger partial charge in [0.05, 0.1) is 5.92 Å². The summed E-state index contributed by atoms with van der Waals surface area (Å²) in [5.74, 6) is 0.676. The zero-order valence-corrected chi connectivity index (χ0v) is 11.4. The van der Waals surface area contributed by atoms with Crippen LogP contribution in [0.25, 0.3) is 0 Å². The van der Waals surface area contributed by atoms with Gasteiger partial charge in [-0.2, -0.15) is 0 Å². The number of nitrogens with zero attached hydrogens (tertiary/aromatic N) is 1. The second-order valence-electron chi connectivity index (χ2n) is 5.14. The van der Waals surface area contributed by atoms with Crippen molar-refractivity contribution in [3.05, 3.63) is 71.2 Å². The van der Waals surface area contributed by atoms with E-state index in [0.29, 0.717) is 5.90 Å². The Morgan fingerprint density at radius 2 is 1.90 bits per heavy atom. The molecule has 0 saturated carbocycles. The molecule has 4 heteroatoms. The highest BCUT2D eigenvalue weighted by molar-refractivity contribution is 5.95. The average Bonchev–Trinajstić information content (AvgIpc) is 2.86. The molecule has 2 aliphatic carbocycles. The number of esters is 1. The van der Waals surface area contributed by atoms with Crippen LogP contribution in [0.15, 0.2) is 76.2 Å². The zero-order valence-electron chi connectivity index (χ0n) is 11.4. The van der Waals surface area contributed by atoms with Crippen LogP contribution in [0.3, 0.4) is 0 Å². The highest BCUT2D eigenvalue weighted by atomic mass is 16.5. The molecule has 104 valence electrons. The van der Waals surface area contributed by atoms with Crippen LogP contribution >= 0.6 is 0 Å². The zero-order chi connectivity index (χ0) is 14.4. The summed E-state index contributed by atoms with van der Waals surface area (Å²) in [6, 6.07) is 0. The number of fused-ring (bicyclic) bond motifs is 3. The van der Waals surface area contributed by atoms with E-state index in [4.69, 9.17) is 9.47 Å². The van der Waals surface area contributed by atoms with Crippen molar-refractivity contribution in [2.24, 2.45) is 10.9 Å². The van der Waals surface area contributed by atoms with Gasteiger partial charge in [-0.1, -0.05) is 42.5 Å². The summed E-state index contributed by atoms with van der Waals surface area (Å²) < 4.78 is 11.3. The van der Waals surface area contributed by atoms with E-state index in [0.717, 1.165) is 22.6 Å². The summed E-state index contributed by atoms with van der Waals surface area (Å²) in [6.07, 6.45) is 15.6. The lowest BCUT2D eigenvalue weighted by Crippen LogP contribution is -2.25. The minimum absolute atomic E-state index is 0.104. The molecule has 0 N–H and O–H groups in total. The molecular formula is C17H13NO3. The number of dihydropyridines is 1. The minimum atomic E-state index is -0.361. The standard InChI is InChI=1S/C17H13NO3/c1-10(19)20-17-12-7-3-2-6-11(12)16-15(18-17)13-8-4-5-9-14(13)21-16/h2-9,12,14H,1H3. The number of carbonyl (C=O) groups excluding carboxylic acids is 1. The molecular weight excluding hydrogens is 266 g/mol. The third-order valence-electron chi connectivity index (χ3n) is 3.74. The van der Waals surface area contributed by atoms with Crippen molar-refractivity contribution in [3.8, 4) is 0 Å². The van der Waals surface area contributed by atoms with Gasteiger partial charge in [0.15, 0.2) is 5.76 Å². The van der Waals surface area contributed by atoms with Gasteiger partial charge in [-0.3, -0.25) is 4.79 Å². The molecule has 4 aliphatic rings. The molecule has 2 heterocycles. The summed E-state index contributed by atoms with van der Waals surface area (Å²) in [4.78, 5) is 15.9. The van der Waals surface area contributed by atoms with Crippen LogP contribution in [-0.2, 0) is 14.3 Å². The number of aliphatic imine (C=N–C) groups is 1. The Kier molecular flexibility index (Phi) is 2.57. The summed E-state index contributed by atoms with van der Waals surface area (Å²) in [5, 5.41) is 0. The number of rotatable bonds is 0. The second-order valence-corrected chi connectivity index (χ2v) is 5.14. The second kappa shape index (κ2) is 4.45. The van der Waals surface area contributed by atoms with Crippen molar-refractivity contribution in [2.75, 3.05) is 0 Å². The molecule has 0 radical (unpaired) electrons. The van der Waals surface area contributed by atoms with Crippen molar-refractivity contribution >= 4 is 11.9 Å². The summed E-state index contributed by atoms with van der Waals surface area (Å²) >= 11 is 0. The Morgan fingerprint density at radius 1 is 1.14 bits per heavy atom. The molecule has 0 bridgehead atoms. The maximum absolute atomic E-state index is 11.3. The van der Waals surface area contributed by atoms with Gasteiger partial charge in [0.25, 0.3) is 0 Å². The molecule has 0 aromatic carbocycles. The highest BCUT2D eigenvalue weighted by Gasteiger charge is 2.38. The van der Waals surface area contributed by atoms with E-state index in [9.17, 15) is 4.79 Å². The fraction of sp³-hybridized carbons (Fsp3) is 0.176. The van der Waals surface area contributed by atoms with E-state index >= 15 is 0 Å². The van der Waals surface area contributed by atoms with Crippen LogP contribution in [0.4, 0.5) is 0 Å². The molecule has 0 amide bonds. The molecule has 0 aromatic rings. The maximum Gasteiger partial charge on any atom is 0.309 e. The van der Waals surface area contributed by atoms with Gasteiger partial charge in [-0.25, -0.2) is 4.99 Å². The molecule has 4 rings (SSSR count). The Morgan fingerprint density at radius 3 is 2.71 bits per heavy atom. The molecule has 0 aromatic heterocycles. The van der Waals surface area contributed by atoms with E-state index in [1.165, 1.54) is 6.92 Å². The quantitative estimate of drug-likeness (QED) is 0.641. The van der Waals surface area contributed by atoms with Crippen molar-refractivity contribution in [2.45, 2.75) is 13.0 Å². The SMILES string of the molecule is CC(=O)OC1=NC2=C3C=CC=CC3OC2=C2C=CC=CC12. The fourth-order valence-corrected chi connectivity index (χ4v) is 2.86. The summed E-state index contributed by atoms with van der Waals surface area (Å²) in [7, 11) is 0. The minimum Gasteiger partial charge on any atom is -0.479 e. The molecule has 2 aliphatic heterocycles. The highest BCUT2D eigenvalue weighted by Crippen LogP contribution is 2.42. The lowest BCUT2D eigenvalue weighted by Gasteiger charge is -2.24. The summed E-state index contributed by atoms with van der Waals surface area (Å²) in [5.41, 5.74) is 2.76. The van der Waals surface area contributed by atoms with E-state index < -0.39 is 0 Å². The van der Waals surface area contributed by atoms with Crippen LogP contribution < -0.4 is 0 Å². The number of hydrogen-bond donors (Lipinski definition) is 0. The normalized spacial score (nSPS) is 28.0. The fourth-order valence-electron chi connectivity index (χ4n) is 2.86. The number of carbonyl (C=O) groups is 1. The topological polar surface area (TPSA) is 47.9 Å². The maximum atomic E-state index is 11.3. The first-order valence-corrected chi connectivity index (χ1v) is 6.86. The van der Waals surface area contributed by atoms with Gasteiger partial charge in [0, 0.05) is 18.1 Å². The van der Waals surface area contributed by atoms with Gasteiger partial charge >= 0.3 is 5.97 Å².